The number of rotatable bonds is 3. The SMILES string of the molecule is NC(Cc1ccc(-c2ccccc2)cc1)=C1CCC1. The van der Waals surface area contributed by atoms with Gasteiger partial charge in [-0.15, -0.1) is 0 Å². The summed E-state index contributed by atoms with van der Waals surface area (Å²) >= 11 is 0. The molecule has 2 aromatic rings. The van der Waals surface area contributed by atoms with Crippen molar-refractivity contribution < 1.29 is 0 Å². The normalized spacial score (nSPS) is 14.0. The van der Waals surface area contributed by atoms with Gasteiger partial charge in [-0.1, -0.05) is 60.2 Å². The van der Waals surface area contributed by atoms with Crippen LogP contribution in [-0.2, 0) is 6.42 Å². The number of hydrogen-bond acceptors (Lipinski definition) is 1. The molecule has 3 rings (SSSR count). The van der Waals surface area contributed by atoms with Crippen molar-refractivity contribution in [2.24, 2.45) is 5.73 Å². The van der Waals surface area contributed by atoms with Crippen LogP contribution in [0.2, 0.25) is 0 Å². The summed E-state index contributed by atoms with van der Waals surface area (Å²) in [6, 6.07) is 19.2. The minimum atomic E-state index is 0.893. The van der Waals surface area contributed by atoms with E-state index in [1.165, 1.54) is 41.5 Å². The zero-order chi connectivity index (χ0) is 13.1. The Hall–Kier alpha value is -2.02. The molecule has 0 unspecified atom stereocenters. The van der Waals surface area contributed by atoms with E-state index in [-0.39, 0.29) is 0 Å². The summed E-state index contributed by atoms with van der Waals surface area (Å²) in [6.45, 7) is 0. The van der Waals surface area contributed by atoms with E-state index in [0.717, 1.165) is 12.1 Å². The standard InChI is InChI=1S/C18H19N/c19-18(17-7-4-8-17)13-14-9-11-16(12-10-14)15-5-2-1-3-6-15/h1-3,5-6,9-12H,4,7-8,13,19H2. The van der Waals surface area contributed by atoms with Gasteiger partial charge in [0.15, 0.2) is 0 Å². The summed E-state index contributed by atoms with van der Waals surface area (Å²) in [5.41, 5.74) is 12.5. The van der Waals surface area contributed by atoms with Crippen molar-refractivity contribution >= 4 is 0 Å². The van der Waals surface area contributed by atoms with E-state index in [4.69, 9.17) is 5.73 Å². The second-order valence-corrected chi connectivity index (χ2v) is 5.22. The van der Waals surface area contributed by atoms with E-state index in [9.17, 15) is 0 Å². The molecule has 0 radical (unpaired) electrons. The highest BCUT2D eigenvalue weighted by atomic mass is 14.6. The van der Waals surface area contributed by atoms with Crippen LogP contribution >= 0.6 is 0 Å². The van der Waals surface area contributed by atoms with E-state index in [0.29, 0.717) is 0 Å². The van der Waals surface area contributed by atoms with Crippen molar-refractivity contribution in [1.29, 1.82) is 0 Å². The van der Waals surface area contributed by atoms with Gasteiger partial charge in [0.05, 0.1) is 0 Å². The van der Waals surface area contributed by atoms with Crippen LogP contribution in [-0.4, -0.2) is 0 Å². The van der Waals surface area contributed by atoms with E-state index >= 15 is 0 Å². The Morgan fingerprint density at radius 2 is 1.47 bits per heavy atom. The Labute approximate surface area is 114 Å². The van der Waals surface area contributed by atoms with Crippen molar-refractivity contribution in [3.05, 3.63) is 71.4 Å². The molecule has 0 bridgehead atoms. The number of benzene rings is 2. The molecular formula is C18H19N. The Balaban J connectivity index is 1.76. The fourth-order valence-electron chi connectivity index (χ4n) is 2.47. The molecule has 0 aromatic heterocycles. The predicted octanol–water partition coefficient (Wildman–Crippen LogP) is 4.29. The van der Waals surface area contributed by atoms with Crippen LogP contribution in [0.1, 0.15) is 24.8 Å². The summed E-state index contributed by atoms with van der Waals surface area (Å²) in [4.78, 5) is 0. The molecular weight excluding hydrogens is 230 g/mol. The van der Waals surface area contributed by atoms with Crippen molar-refractivity contribution in [3.63, 3.8) is 0 Å². The van der Waals surface area contributed by atoms with Gasteiger partial charge in [-0.25, -0.2) is 0 Å². The Morgan fingerprint density at radius 3 is 2.05 bits per heavy atom. The molecule has 2 aromatic carbocycles. The van der Waals surface area contributed by atoms with Gasteiger partial charge in [0.25, 0.3) is 0 Å². The topological polar surface area (TPSA) is 26.0 Å². The van der Waals surface area contributed by atoms with Gasteiger partial charge in [-0.3, -0.25) is 0 Å². The van der Waals surface area contributed by atoms with Gasteiger partial charge in [-0.05, 0) is 36.0 Å². The Morgan fingerprint density at radius 1 is 0.842 bits per heavy atom. The Bertz CT molecular complexity index is 573. The van der Waals surface area contributed by atoms with Crippen molar-refractivity contribution in [2.75, 3.05) is 0 Å². The third-order valence-corrected chi connectivity index (χ3v) is 3.87. The molecule has 0 spiro atoms. The third kappa shape index (κ3) is 2.70. The highest BCUT2D eigenvalue weighted by Crippen LogP contribution is 2.28. The van der Waals surface area contributed by atoms with Gasteiger partial charge in [0, 0.05) is 12.1 Å². The van der Waals surface area contributed by atoms with Crippen LogP contribution in [0.15, 0.2) is 65.9 Å². The smallest absolute Gasteiger partial charge is 0.0120 e. The van der Waals surface area contributed by atoms with Crippen molar-refractivity contribution in [2.45, 2.75) is 25.7 Å². The molecule has 0 amide bonds. The van der Waals surface area contributed by atoms with Gasteiger partial charge in [0.1, 0.15) is 0 Å². The minimum absolute atomic E-state index is 0.893. The maximum atomic E-state index is 6.14. The molecule has 1 aliphatic rings. The molecule has 19 heavy (non-hydrogen) atoms. The highest BCUT2D eigenvalue weighted by molar-refractivity contribution is 5.63. The molecule has 0 atom stereocenters. The molecule has 1 aliphatic carbocycles. The first kappa shape index (κ1) is 12.0. The van der Waals surface area contributed by atoms with Crippen LogP contribution < -0.4 is 5.73 Å². The maximum Gasteiger partial charge on any atom is 0.0120 e. The second-order valence-electron chi connectivity index (χ2n) is 5.22. The third-order valence-electron chi connectivity index (χ3n) is 3.87. The fraction of sp³-hybridized carbons (Fsp3) is 0.222. The lowest BCUT2D eigenvalue weighted by molar-refractivity contribution is 0.644. The van der Waals surface area contributed by atoms with E-state index < -0.39 is 0 Å². The van der Waals surface area contributed by atoms with Crippen LogP contribution in [0, 0.1) is 0 Å². The van der Waals surface area contributed by atoms with Crippen molar-refractivity contribution in [3.8, 4) is 11.1 Å². The van der Waals surface area contributed by atoms with E-state index in [2.05, 4.69) is 48.5 Å². The number of hydrogen-bond donors (Lipinski definition) is 1. The summed E-state index contributed by atoms with van der Waals surface area (Å²) in [5, 5.41) is 0. The lowest BCUT2D eigenvalue weighted by Crippen LogP contribution is -2.11. The first-order valence-electron chi connectivity index (χ1n) is 6.93. The zero-order valence-corrected chi connectivity index (χ0v) is 11.1. The van der Waals surface area contributed by atoms with Crippen LogP contribution in [0.4, 0.5) is 0 Å². The molecule has 0 aliphatic heterocycles. The second kappa shape index (κ2) is 5.31. The zero-order valence-electron chi connectivity index (χ0n) is 11.1. The van der Waals surface area contributed by atoms with Gasteiger partial charge in [-0.2, -0.15) is 0 Å². The number of allylic oxidation sites excluding steroid dienone is 2. The van der Waals surface area contributed by atoms with Crippen LogP contribution in [0.3, 0.4) is 0 Å². The lowest BCUT2D eigenvalue weighted by Gasteiger charge is -2.19. The van der Waals surface area contributed by atoms with Gasteiger partial charge in [0.2, 0.25) is 0 Å². The quantitative estimate of drug-likeness (QED) is 0.862. The summed E-state index contributed by atoms with van der Waals surface area (Å²) in [5.74, 6) is 0. The van der Waals surface area contributed by atoms with Crippen LogP contribution in [0.25, 0.3) is 11.1 Å². The predicted molar refractivity (Wildman–Crippen MR) is 80.6 cm³/mol. The van der Waals surface area contributed by atoms with Gasteiger partial charge >= 0.3 is 0 Å². The lowest BCUT2D eigenvalue weighted by atomic mass is 9.89. The molecule has 96 valence electrons. The average molecular weight is 249 g/mol. The van der Waals surface area contributed by atoms with Crippen LogP contribution in [0.5, 0.6) is 0 Å². The van der Waals surface area contributed by atoms with E-state index in [1.54, 1.807) is 0 Å². The summed E-state index contributed by atoms with van der Waals surface area (Å²) < 4.78 is 0. The first-order valence-corrected chi connectivity index (χ1v) is 6.93. The number of nitrogens with two attached hydrogens (primary N) is 1. The molecule has 0 saturated heterocycles. The fourth-order valence-corrected chi connectivity index (χ4v) is 2.47. The van der Waals surface area contributed by atoms with Gasteiger partial charge < -0.3 is 5.73 Å². The minimum Gasteiger partial charge on any atom is -0.402 e. The first-order chi connectivity index (χ1) is 9.33. The average Bonchev–Trinajstić information content (AvgIpc) is 2.38. The summed E-state index contributed by atoms with van der Waals surface area (Å²) in [6.07, 6.45) is 4.61. The largest absolute Gasteiger partial charge is 0.402 e. The molecule has 1 heteroatoms. The monoisotopic (exact) mass is 249 g/mol. The molecule has 1 saturated carbocycles. The molecule has 1 nitrogen and oxygen atoms in total. The van der Waals surface area contributed by atoms with Crippen molar-refractivity contribution in [1.82, 2.24) is 0 Å². The maximum absolute atomic E-state index is 6.14. The van der Waals surface area contributed by atoms with E-state index in [1.807, 2.05) is 6.07 Å². The molecule has 0 heterocycles. The summed E-state index contributed by atoms with van der Waals surface area (Å²) in [7, 11) is 0. The Kier molecular flexibility index (Phi) is 3.37. The molecule has 1 fully saturated rings. The molecule has 2 N–H and O–H groups in total. The highest BCUT2D eigenvalue weighted by Gasteiger charge is 2.12.